The summed E-state index contributed by atoms with van der Waals surface area (Å²) in [6.07, 6.45) is 8.05. The van der Waals surface area contributed by atoms with Gasteiger partial charge in [-0.1, -0.05) is 39.2 Å². The highest BCUT2D eigenvalue weighted by Crippen LogP contribution is 2.37. The molecule has 1 nitrogen and oxygen atoms in total. The molecule has 1 unspecified atom stereocenters. The van der Waals surface area contributed by atoms with Gasteiger partial charge in [0.05, 0.1) is 0 Å². The molecule has 0 aromatic heterocycles. The van der Waals surface area contributed by atoms with Gasteiger partial charge in [0.25, 0.3) is 0 Å². The molecule has 1 heterocycles. The first-order chi connectivity index (χ1) is 9.72. The Hall–Kier alpha value is -0.600. The highest BCUT2D eigenvalue weighted by molar-refractivity contribution is 9.10. The molecule has 20 heavy (non-hydrogen) atoms. The quantitative estimate of drug-likeness (QED) is 0.717. The van der Waals surface area contributed by atoms with Gasteiger partial charge in [-0.2, -0.15) is 0 Å². The number of rotatable bonds is 3. The van der Waals surface area contributed by atoms with Crippen LogP contribution in [0.1, 0.15) is 37.7 Å². The van der Waals surface area contributed by atoms with E-state index in [1.165, 1.54) is 61.7 Å². The van der Waals surface area contributed by atoms with E-state index < -0.39 is 0 Å². The summed E-state index contributed by atoms with van der Waals surface area (Å²) in [5, 5.41) is 0. The van der Waals surface area contributed by atoms with E-state index in [0.717, 1.165) is 5.92 Å². The van der Waals surface area contributed by atoms with Crippen molar-refractivity contribution in [2.24, 2.45) is 5.92 Å². The molecule has 0 bridgehead atoms. The highest BCUT2D eigenvalue weighted by Gasteiger charge is 2.26. The second-order valence-electron chi connectivity index (χ2n) is 6.37. The first-order valence-corrected chi connectivity index (χ1v) is 8.65. The monoisotopic (exact) mass is 333 g/mol. The van der Waals surface area contributed by atoms with Crippen molar-refractivity contribution in [3.05, 3.63) is 45.4 Å². The number of hydrogen-bond donors (Lipinski definition) is 0. The van der Waals surface area contributed by atoms with E-state index >= 15 is 0 Å². The third-order valence-corrected chi connectivity index (χ3v) is 5.43. The Morgan fingerprint density at radius 1 is 1.20 bits per heavy atom. The number of aryl methyl sites for hydroxylation is 1. The summed E-state index contributed by atoms with van der Waals surface area (Å²) < 4.78 is 1.18. The average Bonchev–Trinajstić information content (AvgIpc) is 2.46. The number of halogens is 1. The highest BCUT2D eigenvalue weighted by atomic mass is 79.9. The van der Waals surface area contributed by atoms with E-state index in [2.05, 4.69) is 52.1 Å². The first kappa shape index (κ1) is 14.3. The molecule has 0 radical (unpaired) electrons. The van der Waals surface area contributed by atoms with Gasteiger partial charge in [0.2, 0.25) is 0 Å². The summed E-state index contributed by atoms with van der Waals surface area (Å²) >= 11 is 3.51. The standard InChI is InChI=1S/C18H24BrN/c1-20-12-11-18-15(3-2-4-16(18)13-20)8-5-14-6-9-17(19)10-7-14/h6-7,9-10,15H,2-5,8,11-13H2,1H3. The third kappa shape index (κ3) is 3.35. The fourth-order valence-corrected chi connectivity index (χ4v) is 4.04. The molecule has 0 fully saturated rings. The van der Waals surface area contributed by atoms with Gasteiger partial charge in [-0.3, -0.25) is 0 Å². The van der Waals surface area contributed by atoms with Crippen molar-refractivity contribution in [1.82, 2.24) is 4.90 Å². The summed E-state index contributed by atoms with van der Waals surface area (Å²) in [4.78, 5) is 2.48. The minimum atomic E-state index is 0.857. The van der Waals surface area contributed by atoms with Crippen molar-refractivity contribution in [3.63, 3.8) is 0 Å². The van der Waals surface area contributed by atoms with E-state index in [-0.39, 0.29) is 0 Å². The summed E-state index contributed by atoms with van der Waals surface area (Å²) in [5.41, 5.74) is 5.08. The van der Waals surface area contributed by atoms with Gasteiger partial charge in [-0.05, 0) is 69.2 Å². The van der Waals surface area contributed by atoms with Gasteiger partial charge < -0.3 is 4.90 Å². The van der Waals surface area contributed by atoms with Crippen LogP contribution in [-0.2, 0) is 6.42 Å². The average molecular weight is 334 g/mol. The summed E-state index contributed by atoms with van der Waals surface area (Å²) in [5.74, 6) is 0.857. The maximum absolute atomic E-state index is 3.51. The van der Waals surface area contributed by atoms with Crippen LogP contribution in [0.2, 0.25) is 0 Å². The second-order valence-corrected chi connectivity index (χ2v) is 7.29. The maximum Gasteiger partial charge on any atom is 0.0192 e. The lowest BCUT2D eigenvalue weighted by atomic mass is 9.77. The van der Waals surface area contributed by atoms with Crippen LogP contribution >= 0.6 is 15.9 Å². The molecule has 0 N–H and O–H groups in total. The fourth-order valence-electron chi connectivity index (χ4n) is 3.77. The summed E-state index contributed by atoms with van der Waals surface area (Å²) in [6, 6.07) is 8.85. The van der Waals surface area contributed by atoms with E-state index in [9.17, 15) is 0 Å². The SMILES string of the molecule is CN1CCC2=C(CCCC2CCc2ccc(Br)cc2)C1. The van der Waals surface area contributed by atoms with Crippen LogP contribution in [0.5, 0.6) is 0 Å². The lowest BCUT2D eigenvalue weighted by molar-refractivity contribution is 0.308. The van der Waals surface area contributed by atoms with Gasteiger partial charge in [0.15, 0.2) is 0 Å². The zero-order valence-electron chi connectivity index (χ0n) is 12.4. The number of hydrogen-bond acceptors (Lipinski definition) is 1. The molecule has 2 heteroatoms. The first-order valence-electron chi connectivity index (χ1n) is 7.86. The Morgan fingerprint density at radius 3 is 2.80 bits per heavy atom. The molecule has 0 saturated heterocycles. The second kappa shape index (κ2) is 6.44. The molecule has 1 aliphatic heterocycles. The molecular formula is C18H24BrN. The van der Waals surface area contributed by atoms with Crippen molar-refractivity contribution in [3.8, 4) is 0 Å². The van der Waals surface area contributed by atoms with Crippen LogP contribution in [-0.4, -0.2) is 25.0 Å². The summed E-state index contributed by atoms with van der Waals surface area (Å²) in [7, 11) is 2.26. The van der Waals surface area contributed by atoms with E-state index in [0.29, 0.717) is 0 Å². The van der Waals surface area contributed by atoms with Crippen molar-refractivity contribution < 1.29 is 0 Å². The smallest absolute Gasteiger partial charge is 0.0192 e. The lowest BCUT2D eigenvalue weighted by Gasteiger charge is -2.35. The van der Waals surface area contributed by atoms with Crippen LogP contribution in [0.25, 0.3) is 0 Å². The van der Waals surface area contributed by atoms with Gasteiger partial charge >= 0.3 is 0 Å². The van der Waals surface area contributed by atoms with Gasteiger partial charge in [-0.25, -0.2) is 0 Å². The van der Waals surface area contributed by atoms with E-state index in [4.69, 9.17) is 0 Å². The fraction of sp³-hybridized carbons (Fsp3) is 0.556. The minimum absolute atomic E-state index is 0.857. The molecule has 1 atom stereocenters. The molecular weight excluding hydrogens is 310 g/mol. The van der Waals surface area contributed by atoms with Crippen LogP contribution in [0, 0.1) is 5.92 Å². The number of likely N-dealkylation sites (N-methyl/N-ethyl adjacent to an activating group) is 1. The van der Waals surface area contributed by atoms with Gasteiger partial charge in [0.1, 0.15) is 0 Å². The molecule has 1 aliphatic carbocycles. The normalized spacial score (nSPS) is 23.8. The third-order valence-electron chi connectivity index (χ3n) is 4.90. The number of benzene rings is 1. The lowest BCUT2D eigenvalue weighted by Crippen LogP contribution is -2.31. The van der Waals surface area contributed by atoms with E-state index in [1.54, 1.807) is 5.57 Å². The Labute approximate surface area is 131 Å². The van der Waals surface area contributed by atoms with E-state index in [1.807, 2.05) is 5.57 Å². The predicted octanol–water partition coefficient (Wildman–Crippen LogP) is 4.81. The topological polar surface area (TPSA) is 3.24 Å². The van der Waals surface area contributed by atoms with Crippen molar-refractivity contribution in [2.45, 2.75) is 38.5 Å². The predicted molar refractivity (Wildman–Crippen MR) is 88.9 cm³/mol. The van der Waals surface area contributed by atoms with Crippen LogP contribution < -0.4 is 0 Å². The zero-order chi connectivity index (χ0) is 13.9. The molecule has 0 saturated carbocycles. The van der Waals surface area contributed by atoms with Gasteiger partial charge in [-0.15, -0.1) is 0 Å². The molecule has 3 rings (SSSR count). The van der Waals surface area contributed by atoms with Crippen molar-refractivity contribution >= 4 is 15.9 Å². The Balaban J connectivity index is 1.65. The molecule has 1 aromatic carbocycles. The minimum Gasteiger partial charge on any atom is -0.302 e. The Bertz CT molecular complexity index is 489. The zero-order valence-corrected chi connectivity index (χ0v) is 14.0. The Kier molecular flexibility index (Phi) is 4.62. The van der Waals surface area contributed by atoms with Crippen LogP contribution in [0.3, 0.4) is 0 Å². The van der Waals surface area contributed by atoms with Crippen LogP contribution in [0.4, 0.5) is 0 Å². The Morgan fingerprint density at radius 2 is 2.00 bits per heavy atom. The molecule has 1 aromatic rings. The van der Waals surface area contributed by atoms with Crippen molar-refractivity contribution in [2.75, 3.05) is 20.1 Å². The molecule has 2 aliphatic rings. The largest absolute Gasteiger partial charge is 0.302 e. The van der Waals surface area contributed by atoms with Crippen LogP contribution in [0.15, 0.2) is 39.9 Å². The molecule has 0 amide bonds. The number of nitrogens with zero attached hydrogens (tertiary/aromatic N) is 1. The maximum atomic E-state index is 3.51. The van der Waals surface area contributed by atoms with Crippen molar-refractivity contribution in [1.29, 1.82) is 0 Å². The summed E-state index contributed by atoms with van der Waals surface area (Å²) in [6.45, 7) is 2.48. The van der Waals surface area contributed by atoms with Gasteiger partial charge in [0, 0.05) is 17.6 Å². The molecule has 0 spiro atoms. The molecule has 108 valence electrons.